The Morgan fingerprint density at radius 2 is 2.21 bits per heavy atom. The summed E-state index contributed by atoms with van der Waals surface area (Å²) in [6, 6.07) is 0.543. The minimum Gasteiger partial charge on any atom is -0.373 e. The molecular formula is C11H18N2O. The van der Waals surface area contributed by atoms with Gasteiger partial charge in [-0.3, -0.25) is 5.41 Å². The van der Waals surface area contributed by atoms with Crippen molar-refractivity contribution in [2.24, 2.45) is 0 Å². The lowest BCUT2D eigenvalue weighted by Gasteiger charge is -2.37. The number of nitrogens with one attached hydrogen (secondary N) is 1. The number of nitrogens with zero attached hydrogens (tertiary/aromatic N) is 1. The van der Waals surface area contributed by atoms with Crippen molar-refractivity contribution < 1.29 is 4.74 Å². The molecule has 0 spiro atoms. The van der Waals surface area contributed by atoms with Gasteiger partial charge in [-0.05, 0) is 32.1 Å². The lowest BCUT2D eigenvalue weighted by Crippen LogP contribution is -2.47. The van der Waals surface area contributed by atoms with Crippen molar-refractivity contribution in [2.45, 2.75) is 56.8 Å². The Labute approximate surface area is 84.9 Å². The maximum Gasteiger partial charge on any atom is 0.0961 e. The number of amidine groups is 1. The second kappa shape index (κ2) is 3.23. The van der Waals surface area contributed by atoms with Crippen molar-refractivity contribution >= 4 is 5.84 Å². The number of hydrogen-bond donors (Lipinski definition) is 1. The van der Waals surface area contributed by atoms with E-state index in [2.05, 4.69) is 4.90 Å². The fourth-order valence-electron chi connectivity index (χ4n) is 3.16. The zero-order chi connectivity index (χ0) is 9.54. The SMILES string of the molecule is N=C1CCCCN1C1CC2CCC1O2. The van der Waals surface area contributed by atoms with E-state index in [-0.39, 0.29) is 0 Å². The van der Waals surface area contributed by atoms with Gasteiger partial charge in [0.2, 0.25) is 0 Å². The van der Waals surface area contributed by atoms with E-state index < -0.39 is 0 Å². The Balaban J connectivity index is 1.72. The lowest BCUT2D eigenvalue weighted by atomic mass is 9.92. The molecule has 3 nitrogen and oxygen atoms in total. The molecule has 78 valence electrons. The molecule has 3 saturated heterocycles. The average molecular weight is 194 g/mol. The van der Waals surface area contributed by atoms with E-state index >= 15 is 0 Å². The van der Waals surface area contributed by atoms with Crippen molar-refractivity contribution in [1.29, 1.82) is 5.41 Å². The normalized spacial score (nSPS) is 42.1. The first-order valence-corrected chi connectivity index (χ1v) is 5.84. The van der Waals surface area contributed by atoms with Crippen LogP contribution < -0.4 is 0 Å². The largest absolute Gasteiger partial charge is 0.373 e. The number of likely N-dealkylation sites (tertiary alicyclic amines) is 1. The maximum absolute atomic E-state index is 7.96. The van der Waals surface area contributed by atoms with Crippen molar-refractivity contribution in [2.75, 3.05) is 6.54 Å². The third kappa shape index (κ3) is 1.26. The summed E-state index contributed by atoms with van der Waals surface area (Å²) in [5.41, 5.74) is 0. The van der Waals surface area contributed by atoms with Crippen LogP contribution in [-0.4, -0.2) is 35.5 Å². The highest BCUT2D eigenvalue weighted by atomic mass is 16.5. The molecule has 0 aromatic carbocycles. The van der Waals surface area contributed by atoms with Crippen LogP contribution in [0.15, 0.2) is 0 Å². The van der Waals surface area contributed by atoms with Gasteiger partial charge in [-0.2, -0.15) is 0 Å². The Kier molecular flexibility index (Phi) is 2.01. The summed E-state index contributed by atoms with van der Waals surface area (Å²) in [4.78, 5) is 2.31. The number of fused-ring (bicyclic) bond motifs is 2. The van der Waals surface area contributed by atoms with E-state index in [1.807, 2.05) is 0 Å². The van der Waals surface area contributed by atoms with Crippen LogP contribution in [0.2, 0.25) is 0 Å². The molecule has 0 radical (unpaired) electrons. The van der Waals surface area contributed by atoms with Crippen molar-refractivity contribution in [3.05, 3.63) is 0 Å². The van der Waals surface area contributed by atoms with E-state index in [4.69, 9.17) is 10.1 Å². The van der Waals surface area contributed by atoms with E-state index in [1.54, 1.807) is 0 Å². The van der Waals surface area contributed by atoms with Crippen LogP contribution in [0, 0.1) is 5.41 Å². The maximum atomic E-state index is 7.96. The minimum absolute atomic E-state index is 0.443. The average Bonchev–Trinajstić information content (AvgIpc) is 2.79. The number of hydrogen-bond acceptors (Lipinski definition) is 2. The summed E-state index contributed by atoms with van der Waals surface area (Å²) < 4.78 is 5.85. The Bertz CT molecular complexity index is 254. The molecule has 3 heterocycles. The van der Waals surface area contributed by atoms with Crippen LogP contribution in [-0.2, 0) is 4.74 Å². The molecule has 3 aliphatic heterocycles. The molecule has 0 amide bonds. The highest BCUT2D eigenvalue weighted by molar-refractivity contribution is 5.80. The minimum atomic E-state index is 0.443. The molecular weight excluding hydrogens is 176 g/mol. The molecule has 3 fully saturated rings. The highest BCUT2D eigenvalue weighted by Crippen LogP contribution is 2.38. The topological polar surface area (TPSA) is 36.3 Å². The van der Waals surface area contributed by atoms with Gasteiger partial charge in [0.15, 0.2) is 0 Å². The van der Waals surface area contributed by atoms with Crippen LogP contribution in [0.3, 0.4) is 0 Å². The summed E-state index contributed by atoms with van der Waals surface area (Å²) in [6.07, 6.45) is 8.05. The molecule has 1 N–H and O–H groups in total. The predicted molar refractivity (Wildman–Crippen MR) is 54.6 cm³/mol. The lowest BCUT2D eigenvalue weighted by molar-refractivity contribution is 0.0837. The molecule has 0 aliphatic carbocycles. The first kappa shape index (κ1) is 8.72. The number of ether oxygens (including phenoxy) is 1. The van der Waals surface area contributed by atoms with Crippen LogP contribution in [0.4, 0.5) is 0 Å². The molecule has 3 rings (SSSR count). The molecule has 3 aliphatic rings. The van der Waals surface area contributed by atoms with Gasteiger partial charge in [-0.15, -0.1) is 0 Å². The van der Waals surface area contributed by atoms with Gasteiger partial charge >= 0.3 is 0 Å². The highest BCUT2D eigenvalue weighted by Gasteiger charge is 2.44. The summed E-state index contributed by atoms with van der Waals surface area (Å²) in [5, 5.41) is 7.96. The van der Waals surface area contributed by atoms with Crippen LogP contribution in [0.25, 0.3) is 0 Å². The monoisotopic (exact) mass is 194 g/mol. The van der Waals surface area contributed by atoms with Crippen LogP contribution in [0.5, 0.6) is 0 Å². The fourth-order valence-corrected chi connectivity index (χ4v) is 3.16. The molecule has 3 atom stereocenters. The second-order valence-electron chi connectivity index (χ2n) is 4.77. The first-order chi connectivity index (χ1) is 6.84. The summed E-state index contributed by atoms with van der Waals surface area (Å²) in [5.74, 6) is 0.859. The second-order valence-corrected chi connectivity index (χ2v) is 4.77. The standard InChI is InChI=1S/C11H18N2O/c12-11-3-1-2-6-13(11)9-7-8-4-5-10(9)14-8/h8-10,12H,1-7H2. The van der Waals surface area contributed by atoms with Gasteiger partial charge in [0.25, 0.3) is 0 Å². The zero-order valence-corrected chi connectivity index (χ0v) is 8.54. The molecule has 0 aromatic heterocycles. The van der Waals surface area contributed by atoms with Gasteiger partial charge in [0.1, 0.15) is 0 Å². The Morgan fingerprint density at radius 1 is 1.29 bits per heavy atom. The van der Waals surface area contributed by atoms with Gasteiger partial charge in [-0.25, -0.2) is 0 Å². The van der Waals surface area contributed by atoms with Gasteiger partial charge in [-0.1, -0.05) is 0 Å². The predicted octanol–water partition coefficient (Wildman–Crippen LogP) is 1.77. The molecule has 0 aromatic rings. The van der Waals surface area contributed by atoms with E-state index in [9.17, 15) is 0 Å². The quantitative estimate of drug-likeness (QED) is 0.690. The third-order valence-electron chi connectivity index (χ3n) is 3.88. The Hall–Kier alpha value is -0.570. The van der Waals surface area contributed by atoms with Gasteiger partial charge in [0.05, 0.1) is 24.1 Å². The number of rotatable bonds is 1. The zero-order valence-electron chi connectivity index (χ0n) is 8.54. The van der Waals surface area contributed by atoms with Gasteiger partial charge < -0.3 is 9.64 Å². The summed E-state index contributed by atoms with van der Waals surface area (Å²) >= 11 is 0. The van der Waals surface area contributed by atoms with E-state index in [0.717, 1.165) is 18.8 Å². The van der Waals surface area contributed by atoms with E-state index in [1.165, 1.54) is 32.1 Å². The van der Waals surface area contributed by atoms with Crippen LogP contribution >= 0.6 is 0 Å². The number of piperidine rings is 1. The summed E-state index contributed by atoms with van der Waals surface area (Å²) in [7, 11) is 0. The first-order valence-electron chi connectivity index (χ1n) is 5.84. The molecule has 14 heavy (non-hydrogen) atoms. The molecule has 2 bridgehead atoms. The molecule has 0 saturated carbocycles. The van der Waals surface area contributed by atoms with Gasteiger partial charge in [0, 0.05) is 13.0 Å². The van der Waals surface area contributed by atoms with E-state index in [0.29, 0.717) is 18.2 Å². The summed E-state index contributed by atoms with van der Waals surface area (Å²) in [6.45, 7) is 1.09. The molecule has 3 heteroatoms. The van der Waals surface area contributed by atoms with Crippen molar-refractivity contribution in [3.8, 4) is 0 Å². The van der Waals surface area contributed by atoms with Crippen LogP contribution in [0.1, 0.15) is 38.5 Å². The smallest absolute Gasteiger partial charge is 0.0961 e. The fraction of sp³-hybridized carbons (Fsp3) is 0.909. The molecule has 3 unspecified atom stereocenters. The third-order valence-corrected chi connectivity index (χ3v) is 3.88. The van der Waals surface area contributed by atoms with Crippen molar-refractivity contribution in [1.82, 2.24) is 4.90 Å². The van der Waals surface area contributed by atoms with Crippen molar-refractivity contribution in [3.63, 3.8) is 0 Å². The Morgan fingerprint density at radius 3 is 2.86 bits per heavy atom.